The number of likely N-dealkylation sites (tertiary alicyclic amines) is 1. The van der Waals surface area contributed by atoms with E-state index in [0.717, 1.165) is 5.56 Å². The van der Waals surface area contributed by atoms with E-state index in [1.807, 2.05) is 6.92 Å². The number of carbonyl (C=O) groups excluding carboxylic acids is 2. The zero-order valence-corrected chi connectivity index (χ0v) is 17.6. The van der Waals surface area contributed by atoms with Crippen molar-refractivity contribution in [1.29, 1.82) is 0 Å². The van der Waals surface area contributed by atoms with Crippen LogP contribution in [0.2, 0.25) is 10.0 Å². The van der Waals surface area contributed by atoms with Crippen molar-refractivity contribution in [2.45, 2.75) is 31.8 Å². The van der Waals surface area contributed by atoms with Gasteiger partial charge in [0.2, 0.25) is 0 Å². The van der Waals surface area contributed by atoms with Crippen molar-refractivity contribution in [2.24, 2.45) is 0 Å². The van der Waals surface area contributed by atoms with Gasteiger partial charge in [0.1, 0.15) is 16.4 Å². The molecule has 2 aliphatic heterocycles. The number of halogens is 2. The lowest BCUT2D eigenvalue weighted by molar-refractivity contribution is -0.384. The Hall–Kier alpha value is -2.64. The molecule has 30 heavy (non-hydrogen) atoms. The third-order valence-corrected chi connectivity index (χ3v) is 6.23. The van der Waals surface area contributed by atoms with Crippen LogP contribution in [-0.4, -0.2) is 40.2 Å². The normalized spacial score (nSPS) is 17.4. The second-order valence-corrected chi connectivity index (χ2v) is 8.54. The number of Topliss-reactive ketones (excluding diaryl/α,β-unsaturated/α-hetero) is 1. The smallest absolute Gasteiger partial charge is 0.288 e. The topological polar surface area (TPSA) is 89.8 Å². The van der Waals surface area contributed by atoms with Gasteiger partial charge in [-0.15, -0.1) is 0 Å². The second kappa shape index (κ2) is 7.56. The SMILES string of the molecule is Cc1cc(Cl)cc2c1OC1(CCN(C(=O)c3ccc(Cl)c([N+](=O)[O-])c3)CC1)CC2=O. The van der Waals surface area contributed by atoms with Crippen molar-refractivity contribution in [2.75, 3.05) is 13.1 Å². The highest BCUT2D eigenvalue weighted by Crippen LogP contribution is 2.42. The zero-order chi connectivity index (χ0) is 21.6. The van der Waals surface area contributed by atoms with Gasteiger partial charge in [-0.1, -0.05) is 23.2 Å². The van der Waals surface area contributed by atoms with Crippen LogP contribution in [0, 0.1) is 17.0 Å². The van der Waals surface area contributed by atoms with Crippen molar-refractivity contribution in [3.63, 3.8) is 0 Å². The highest BCUT2D eigenvalue weighted by molar-refractivity contribution is 6.32. The highest BCUT2D eigenvalue weighted by atomic mass is 35.5. The molecule has 1 spiro atoms. The van der Waals surface area contributed by atoms with Gasteiger partial charge >= 0.3 is 0 Å². The number of piperidine rings is 1. The number of ketones is 1. The first kappa shape index (κ1) is 20.6. The second-order valence-electron chi connectivity index (χ2n) is 7.70. The van der Waals surface area contributed by atoms with Crippen LogP contribution in [0.5, 0.6) is 5.75 Å². The van der Waals surface area contributed by atoms with E-state index in [2.05, 4.69) is 0 Å². The summed E-state index contributed by atoms with van der Waals surface area (Å²) in [7, 11) is 0. The number of ether oxygens (including phenoxy) is 1. The van der Waals surface area contributed by atoms with E-state index in [1.54, 1.807) is 17.0 Å². The van der Waals surface area contributed by atoms with Gasteiger partial charge in [0.05, 0.1) is 16.9 Å². The van der Waals surface area contributed by atoms with Crippen LogP contribution in [0.1, 0.15) is 45.5 Å². The molecule has 2 aromatic carbocycles. The lowest BCUT2D eigenvalue weighted by Crippen LogP contribution is -2.52. The fraction of sp³-hybridized carbons (Fsp3) is 0.333. The maximum absolute atomic E-state index is 12.8. The number of amides is 1. The van der Waals surface area contributed by atoms with E-state index in [-0.39, 0.29) is 34.4 Å². The Kier molecular flexibility index (Phi) is 5.20. The molecule has 0 aromatic heterocycles. The molecule has 0 aliphatic carbocycles. The summed E-state index contributed by atoms with van der Waals surface area (Å²) < 4.78 is 6.29. The van der Waals surface area contributed by atoms with Crippen molar-refractivity contribution >= 4 is 40.6 Å². The number of hydrogen-bond donors (Lipinski definition) is 0. The Morgan fingerprint density at radius 3 is 2.57 bits per heavy atom. The molecular weight excluding hydrogens is 431 g/mol. The molecule has 1 saturated heterocycles. The van der Waals surface area contributed by atoms with Gasteiger partial charge in [0, 0.05) is 42.6 Å². The largest absolute Gasteiger partial charge is 0.486 e. The number of nitro benzene ring substituents is 1. The molecule has 0 saturated carbocycles. The molecular formula is C21H18Cl2N2O5. The van der Waals surface area contributed by atoms with Crippen molar-refractivity contribution in [3.05, 3.63) is 67.2 Å². The monoisotopic (exact) mass is 448 g/mol. The number of aryl methyl sites for hydroxylation is 1. The summed E-state index contributed by atoms with van der Waals surface area (Å²) in [5.41, 5.74) is 0.543. The maximum Gasteiger partial charge on any atom is 0.288 e. The molecule has 0 atom stereocenters. The number of hydrogen-bond acceptors (Lipinski definition) is 5. The van der Waals surface area contributed by atoms with Crippen LogP contribution >= 0.6 is 23.2 Å². The van der Waals surface area contributed by atoms with E-state index in [9.17, 15) is 19.7 Å². The Labute approximate surface area is 182 Å². The average Bonchev–Trinajstić information content (AvgIpc) is 2.69. The lowest BCUT2D eigenvalue weighted by atomic mass is 9.82. The number of nitrogens with zero attached hydrogens (tertiary/aromatic N) is 2. The molecule has 1 amide bonds. The van der Waals surface area contributed by atoms with E-state index in [4.69, 9.17) is 27.9 Å². The van der Waals surface area contributed by atoms with Crippen molar-refractivity contribution in [1.82, 2.24) is 4.90 Å². The summed E-state index contributed by atoms with van der Waals surface area (Å²) in [4.78, 5) is 37.7. The van der Waals surface area contributed by atoms with Crippen LogP contribution in [-0.2, 0) is 0 Å². The standard InChI is InChI=1S/C21H18Cl2N2O5/c1-12-8-14(22)10-15-18(26)11-21(30-19(12)15)4-6-24(7-5-21)20(27)13-2-3-16(23)17(9-13)25(28)29/h2-3,8-10H,4-7,11H2,1H3. The van der Waals surface area contributed by atoms with E-state index in [1.165, 1.54) is 18.2 Å². The zero-order valence-electron chi connectivity index (χ0n) is 16.1. The third-order valence-electron chi connectivity index (χ3n) is 5.69. The van der Waals surface area contributed by atoms with Crippen molar-refractivity contribution in [3.8, 4) is 5.75 Å². The minimum Gasteiger partial charge on any atom is -0.486 e. The summed E-state index contributed by atoms with van der Waals surface area (Å²) >= 11 is 11.9. The van der Waals surface area contributed by atoms with Crippen LogP contribution in [0.25, 0.3) is 0 Å². The van der Waals surface area contributed by atoms with E-state index >= 15 is 0 Å². The minimum absolute atomic E-state index is 0.0163. The predicted octanol–water partition coefficient (Wildman–Crippen LogP) is 4.85. The summed E-state index contributed by atoms with van der Waals surface area (Å²) in [6.07, 6.45) is 1.21. The summed E-state index contributed by atoms with van der Waals surface area (Å²) in [5, 5.41) is 11.6. The number of fused-ring (bicyclic) bond motifs is 1. The Morgan fingerprint density at radius 1 is 1.20 bits per heavy atom. The minimum atomic E-state index is -0.661. The van der Waals surface area contributed by atoms with Gasteiger partial charge in [0.25, 0.3) is 11.6 Å². The maximum atomic E-state index is 12.8. The van der Waals surface area contributed by atoms with Crippen LogP contribution < -0.4 is 4.74 Å². The molecule has 0 bridgehead atoms. The van der Waals surface area contributed by atoms with Gasteiger partial charge in [-0.25, -0.2) is 0 Å². The molecule has 0 radical (unpaired) electrons. The Balaban J connectivity index is 1.51. The number of rotatable bonds is 2. The molecule has 2 heterocycles. The van der Waals surface area contributed by atoms with Gasteiger partial charge in [0.15, 0.2) is 5.78 Å². The van der Waals surface area contributed by atoms with E-state index < -0.39 is 10.5 Å². The molecule has 1 fully saturated rings. The summed E-state index contributed by atoms with van der Waals surface area (Å²) in [6.45, 7) is 2.61. The van der Waals surface area contributed by atoms with Gasteiger partial charge < -0.3 is 9.64 Å². The fourth-order valence-corrected chi connectivity index (χ4v) is 4.54. The summed E-state index contributed by atoms with van der Waals surface area (Å²) in [6, 6.07) is 7.42. The fourth-order valence-electron chi connectivity index (χ4n) is 4.08. The first-order chi connectivity index (χ1) is 14.2. The quantitative estimate of drug-likeness (QED) is 0.483. The average molecular weight is 449 g/mol. The Bertz CT molecular complexity index is 1080. The molecule has 2 aliphatic rings. The molecule has 7 nitrogen and oxygen atoms in total. The highest BCUT2D eigenvalue weighted by Gasteiger charge is 2.44. The lowest BCUT2D eigenvalue weighted by Gasteiger charge is -2.44. The number of carbonyl (C=O) groups is 2. The molecule has 0 N–H and O–H groups in total. The van der Waals surface area contributed by atoms with E-state index in [0.29, 0.717) is 42.3 Å². The van der Waals surface area contributed by atoms with Gasteiger partial charge in [-0.05, 0) is 36.8 Å². The first-order valence-electron chi connectivity index (χ1n) is 9.45. The molecule has 0 unspecified atom stereocenters. The van der Waals surface area contributed by atoms with Crippen LogP contribution in [0.3, 0.4) is 0 Å². The summed E-state index contributed by atoms with van der Waals surface area (Å²) in [5.74, 6) is 0.230. The number of nitro groups is 1. The molecule has 4 rings (SSSR count). The predicted molar refractivity (Wildman–Crippen MR) is 112 cm³/mol. The number of benzene rings is 2. The Morgan fingerprint density at radius 2 is 1.90 bits per heavy atom. The molecule has 156 valence electrons. The van der Waals surface area contributed by atoms with Crippen LogP contribution in [0.4, 0.5) is 5.69 Å². The van der Waals surface area contributed by atoms with Gasteiger partial charge in [-0.2, -0.15) is 0 Å². The molecule has 9 heteroatoms. The third kappa shape index (κ3) is 3.63. The van der Waals surface area contributed by atoms with Crippen molar-refractivity contribution < 1.29 is 19.2 Å². The molecule has 2 aromatic rings. The first-order valence-corrected chi connectivity index (χ1v) is 10.2. The van der Waals surface area contributed by atoms with Gasteiger partial charge in [-0.3, -0.25) is 19.7 Å². The van der Waals surface area contributed by atoms with Crippen LogP contribution in [0.15, 0.2) is 30.3 Å².